The number of nitrogens with two attached hydrogens (primary N) is 2. The number of hydrogen-bond donors (Lipinski definition) is 2. The summed E-state index contributed by atoms with van der Waals surface area (Å²) in [6.45, 7) is 0. The van der Waals surface area contributed by atoms with E-state index in [0.29, 0.717) is 34.0 Å². The lowest BCUT2D eigenvalue weighted by atomic mass is 10.1. The number of methoxy groups -OCH3 is 2. The maximum absolute atomic E-state index is 11.4. The molecule has 0 bridgehead atoms. The van der Waals surface area contributed by atoms with E-state index in [1.807, 2.05) is 60.7 Å². The monoisotopic (exact) mass is 470 g/mol. The van der Waals surface area contributed by atoms with Gasteiger partial charge in [0.2, 0.25) is 0 Å². The third kappa shape index (κ3) is 5.69. The molecule has 2 aliphatic rings. The van der Waals surface area contributed by atoms with Gasteiger partial charge < -0.3 is 20.9 Å². The minimum atomic E-state index is -0.316. The van der Waals surface area contributed by atoms with Gasteiger partial charge in [0.25, 0.3) is 0 Å². The molecule has 6 nitrogen and oxygen atoms in total. The first-order valence-corrected chi connectivity index (χ1v) is 11.8. The van der Waals surface area contributed by atoms with E-state index in [1.54, 1.807) is 0 Å². The van der Waals surface area contributed by atoms with Crippen molar-refractivity contribution in [3.05, 3.63) is 93.0 Å². The van der Waals surface area contributed by atoms with Crippen LogP contribution in [0.25, 0.3) is 0 Å². The molecule has 2 aromatic rings. The Balaban J connectivity index is 0.000000181. The third-order valence-corrected chi connectivity index (χ3v) is 7.57. The Morgan fingerprint density at radius 2 is 1.06 bits per heavy atom. The van der Waals surface area contributed by atoms with Crippen LogP contribution in [-0.2, 0) is 19.1 Å². The number of thioether (sulfide) groups is 2. The number of hydrogen-bond acceptors (Lipinski definition) is 8. The van der Waals surface area contributed by atoms with Gasteiger partial charge in [-0.05, 0) is 24.0 Å². The van der Waals surface area contributed by atoms with E-state index in [1.165, 1.54) is 48.9 Å². The number of ether oxygens (including phenoxy) is 2. The Morgan fingerprint density at radius 3 is 1.38 bits per heavy atom. The predicted molar refractivity (Wildman–Crippen MR) is 129 cm³/mol. The van der Waals surface area contributed by atoms with Crippen LogP contribution in [0.5, 0.6) is 0 Å². The van der Waals surface area contributed by atoms with Crippen molar-refractivity contribution in [2.75, 3.05) is 14.2 Å². The Labute approximate surface area is 196 Å². The number of carbonyl (C=O) groups excluding carboxylic acids is 2. The molecule has 0 unspecified atom stereocenters. The van der Waals surface area contributed by atoms with Gasteiger partial charge in [-0.3, -0.25) is 0 Å². The summed E-state index contributed by atoms with van der Waals surface area (Å²) in [4.78, 5) is 22.9. The molecule has 2 heterocycles. The minimum Gasteiger partial charge on any atom is -0.466 e. The van der Waals surface area contributed by atoms with Gasteiger partial charge in [0.1, 0.15) is 0 Å². The lowest BCUT2D eigenvalue weighted by molar-refractivity contribution is -0.137. The van der Waals surface area contributed by atoms with Crippen molar-refractivity contribution in [1.82, 2.24) is 0 Å². The van der Waals surface area contributed by atoms with Crippen molar-refractivity contribution in [3.8, 4) is 0 Å². The minimum absolute atomic E-state index is 0.232. The average molecular weight is 471 g/mol. The Bertz CT molecular complexity index is 939. The lowest BCUT2D eigenvalue weighted by Gasteiger charge is -2.08. The second-order valence-electron chi connectivity index (χ2n) is 7.11. The maximum atomic E-state index is 11.4. The molecule has 8 heteroatoms. The molecule has 4 N–H and O–H groups in total. The number of rotatable bonds is 4. The Hall–Kier alpha value is -2.84. The van der Waals surface area contributed by atoms with Crippen LogP contribution >= 0.6 is 23.5 Å². The topological polar surface area (TPSA) is 105 Å². The summed E-state index contributed by atoms with van der Waals surface area (Å²) in [6, 6.07) is 20.1. The van der Waals surface area contributed by atoms with E-state index in [0.717, 1.165) is 0 Å². The Morgan fingerprint density at radius 1 is 0.719 bits per heavy atom. The van der Waals surface area contributed by atoms with E-state index in [9.17, 15) is 9.59 Å². The van der Waals surface area contributed by atoms with E-state index in [2.05, 4.69) is 0 Å². The van der Waals surface area contributed by atoms with Crippen LogP contribution in [0.4, 0.5) is 0 Å². The second kappa shape index (κ2) is 11.2. The van der Waals surface area contributed by atoms with Crippen LogP contribution in [0.1, 0.15) is 34.5 Å². The summed E-state index contributed by atoms with van der Waals surface area (Å²) in [5.41, 5.74) is 15.2. The number of benzene rings is 2. The molecule has 2 atom stereocenters. The molecule has 0 aliphatic carbocycles. The lowest BCUT2D eigenvalue weighted by Crippen LogP contribution is -2.07. The molecule has 0 radical (unpaired) electrons. The van der Waals surface area contributed by atoms with Gasteiger partial charge in [0.05, 0.1) is 35.4 Å². The first kappa shape index (κ1) is 23.8. The van der Waals surface area contributed by atoms with Crippen LogP contribution < -0.4 is 11.5 Å². The van der Waals surface area contributed by atoms with Gasteiger partial charge in [-0.25, -0.2) is 9.59 Å². The summed E-state index contributed by atoms with van der Waals surface area (Å²) in [6.07, 6.45) is 1.29. The van der Waals surface area contributed by atoms with Crippen molar-refractivity contribution in [2.24, 2.45) is 11.5 Å². The van der Waals surface area contributed by atoms with Crippen molar-refractivity contribution in [1.29, 1.82) is 0 Å². The molecule has 0 spiro atoms. The van der Waals surface area contributed by atoms with Crippen LogP contribution in [0, 0.1) is 0 Å². The van der Waals surface area contributed by atoms with Crippen molar-refractivity contribution < 1.29 is 19.1 Å². The highest BCUT2D eigenvalue weighted by molar-refractivity contribution is 8.03. The van der Waals surface area contributed by atoms with Crippen molar-refractivity contribution >= 4 is 35.5 Å². The van der Waals surface area contributed by atoms with Crippen molar-refractivity contribution in [2.45, 2.75) is 23.3 Å². The summed E-state index contributed by atoms with van der Waals surface area (Å²) < 4.78 is 9.40. The summed E-state index contributed by atoms with van der Waals surface area (Å²) in [5.74, 6) is -0.633. The molecule has 0 amide bonds. The zero-order valence-corrected chi connectivity index (χ0v) is 19.6. The SMILES string of the molecule is COC(=O)C1=C(N)S[C@H](c2ccccc2)C1.COC(=O)C1=C(N)S[C@H](c2ccccc2)C1. The first-order chi connectivity index (χ1) is 15.4. The maximum Gasteiger partial charge on any atom is 0.336 e. The quantitative estimate of drug-likeness (QED) is 0.633. The zero-order chi connectivity index (χ0) is 23.1. The molecule has 0 fully saturated rings. The van der Waals surface area contributed by atoms with Gasteiger partial charge in [-0.1, -0.05) is 84.2 Å². The fourth-order valence-electron chi connectivity index (χ4n) is 3.43. The standard InChI is InChI=1S/2C12H13NO2S/c2*1-15-12(14)9-7-10(16-11(9)13)8-5-3-2-4-6-8/h2*2-6,10H,7,13H2,1H3/t2*10-/m00/s1. The molecule has 32 heavy (non-hydrogen) atoms. The summed E-state index contributed by atoms with van der Waals surface area (Å²) in [5, 5.41) is 1.63. The molecule has 0 saturated heterocycles. The molecule has 2 aliphatic heterocycles. The van der Waals surface area contributed by atoms with Gasteiger partial charge in [-0.15, -0.1) is 0 Å². The van der Waals surface area contributed by atoms with Crippen LogP contribution in [0.3, 0.4) is 0 Å². The third-order valence-electron chi connectivity index (χ3n) is 5.12. The second-order valence-corrected chi connectivity index (χ2v) is 9.60. The fraction of sp³-hybridized carbons (Fsp3) is 0.250. The van der Waals surface area contributed by atoms with Crippen molar-refractivity contribution in [3.63, 3.8) is 0 Å². The molecule has 0 saturated carbocycles. The van der Waals surface area contributed by atoms with Crippen LogP contribution in [0.2, 0.25) is 0 Å². The number of esters is 2. The highest BCUT2D eigenvalue weighted by Gasteiger charge is 2.30. The highest BCUT2D eigenvalue weighted by Crippen LogP contribution is 2.46. The van der Waals surface area contributed by atoms with Gasteiger partial charge in [0.15, 0.2) is 0 Å². The molecule has 0 aromatic heterocycles. The van der Waals surface area contributed by atoms with E-state index < -0.39 is 0 Å². The smallest absolute Gasteiger partial charge is 0.336 e. The largest absolute Gasteiger partial charge is 0.466 e. The molecule has 2 aromatic carbocycles. The molecule has 4 rings (SSSR count). The first-order valence-electron chi connectivity index (χ1n) is 10.0. The average Bonchev–Trinajstić information content (AvgIpc) is 3.42. The zero-order valence-electron chi connectivity index (χ0n) is 17.9. The van der Waals surface area contributed by atoms with Gasteiger partial charge in [0, 0.05) is 10.5 Å². The molecular weight excluding hydrogens is 444 g/mol. The van der Waals surface area contributed by atoms with Crippen LogP contribution in [0.15, 0.2) is 81.9 Å². The van der Waals surface area contributed by atoms with Gasteiger partial charge in [-0.2, -0.15) is 0 Å². The molecule has 168 valence electrons. The van der Waals surface area contributed by atoms with Gasteiger partial charge >= 0.3 is 11.9 Å². The number of carbonyl (C=O) groups is 2. The normalized spacial score (nSPS) is 19.9. The highest BCUT2D eigenvalue weighted by atomic mass is 32.2. The van der Waals surface area contributed by atoms with E-state index in [4.69, 9.17) is 20.9 Å². The molecular formula is C24H26N2O4S2. The predicted octanol–water partition coefficient (Wildman–Crippen LogP) is 4.42. The van der Waals surface area contributed by atoms with E-state index in [-0.39, 0.29) is 22.4 Å². The van der Waals surface area contributed by atoms with E-state index >= 15 is 0 Å². The summed E-state index contributed by atoms with van der Waals surface area (Å²) >= 11 is 3.05. The van der Waals surface area contributed by atoms with Crippen LogP contribution in [-0.4, -0.2) is 26.2 Å². The fourth-order valence-corrected chi connectivity index (χ4v) is 5.74. The summed E-state index contributed by atoms with van der Waals surface area (Å²) in [7, 11) is 2.76. The Kier molecular flexibility index (Phi) is 8.30.